The van der Waals surface area contributed by atoms with E-state index in [9.17, 15) is 24.0 Å². The molecule has 0 aliphatic rings. The third-order valence-electron chi connectivity index (χ3n) is 5.84. The lowest BCUT2D eigenvalue weighted by molar-refractivity contribution is -0.159. The predicted molar refractivity (Wildman–Crippen MR) is 165 cm³/mol. The Morgan fingerprint density at radius 3 is 1.80 bits per heavy atom. The van der Waals surface area contributed by atoms with Crippen LogP contribution in [0.3, 0.4) is 0 Å². The molecule has 0 bridgehead atoms. The first-order chi connectivity index (χ1) is 20.6. The van der Waals surface area contributed by atoms with Gasteiger partial charge in [-0.25, -0.2) is 14.4 Å². The summed E-state index contributed by atoms with van der Waals surface area (Å²) in [4.78, 5) is 61.9. The molecule has 45 heavy (non-hydrogen) atoms. The molecule has 0 saturated heterocycles. The number of hydrogen-bond donors (Lipinski definition) is 3. The number of aryl methyl sites for hydroxylation is 2. The largest absolute Gasteiger partial charge is 0.481 e. The fraction of sp³-hybridized carbons (Fsp3) is 0.774. The Kier molecular flexibility index (Phi) is 15.5. The van der Waals surface area contributed by atoms with Gasteiger partial charge in [-0.15, -0.1) is 5.10 Å². The molecule has 0 aliphatic carbocycles. The topological polar surface area (TPSA) is 188 Å². The summed E-state index contributed by atoms with van der Waals surface area (Å²) in [5.74, 6) is -2.69. The third kappa shape index (κ3) is 19.3. The van der Waals surface area contributed by atoms with Crippen molar-refractivity contribution in [2.45, 2.75) is 156 Å². The zero-order chi connectivity index (χ0) is 34.4. The Morgan fingerprint density at radius 2 is 1.29 bits per heavy atom. The molecule has 0 radical (unpaired) electrons. The molecule has 0 fully saturated rings. The molecule has 2 amide bonds. The van der Waals surface area contributed by atoms with Crippen LogP contribution in [0.25, 0.3) is 0 Å². The molecule has 0 saturated carbocycles. The van der Waals surface area contributed by atoms with Gasteiger partial charge in [0.2, 0.25) is 0 Å². The number of carboxylic acid groups (broad SMARTS) is 1. The maximum absolute atomic E-state index is 13.1. The van der Waals surface area contributed by atoms with Crippen molar-refractivity contribution in [2.24, 2.45) is 0 Å². The second kappa shape index (κ2) is 17.7. The van der Waals surface area contributed by atoms with Crippen molar-refractivity contribution in [2.75, 3.05) is 0 Å². The molecule has 0 aromatic carbocycles. The number of aliphatic carboxylic acids is 1. The molecule has 1 rings (SSSR count). The van der Waals surface area contributed by atoms with Crippen molar-refractivity contribution < 1.29 is 43.3 Å². The van der Waals surface area contributed by atoms with Gasteiger partial charge in [0, 0.05) is 25.6 Å². The highest BCUT2D eigenvalue weighted by molar-refractivity contribution is 5.87. The van der Waals surface area contributed by atoms with Crippen LogP contribution in [0.15, 0.2) is 6.20 Å². The van der Waals surface area contributed by atoms with E-state index in [1.807, 2.05) is 6.20 Å². The molecule has 2 atom stereocenters. The van der Waals surface area contributed by atoms with Gasteiger partial charge in [-0.05, 0) is 107 Å². The predicted octanol–water partition coefficient (Wildman–Crippen LogP) is 4.09. The van der Waals surface area contributed by atoms with Gasteiger partial charge in [0.1, 0.15) is 28.9 Å². The van der Waals surface area contributed by atoms with Gasteiger partial charge in [-0.3, -0.25) is 14.3 Å². The standard InChI is InChI=1S/C31H53N5O9/c1-29(2,3)43-25(39)18-17-23(27(41)45-31(7,8)9)33-28(42)32-22(26(40)44-30(4,5)6)15-12-13-19-36-20-21(34-35-36)14-10-11-16-24(37)38/h20,22-23H,10-19H2,1-9H3,(H,37,38)(H2,32,33,42)/t22-,23+/m1/s1. The molecule has 1 heterocycles. The van der Waals surface area contributed by atoms with Crippen LogP contribution in [0.2, 0.25) is 0 Å². The highest BCUT2D eigenvalue weighted by atomic mass is 16.6. The number of carboxylic acids is 1. The molecular weight excluding hydrogens is 586 g/mol. The fourth-order valence-electron chi connectivity index (χ4n) is 4.02. The quantitative estimate of drug-likeness (QED) is 0.127. The maximum Gasteiger partial charge on any atom is 0.329 e. The molecule has 0 aliphatic heterocycles. The Bertz CT molecular complexity index is 1130. The summed E-state index contributed by atoms with van der Waals surface area (Å²) in [7, 11) is 0. The van der Waals surface area contributed by atoms with Gasteiger partial charge in [0.05, 0.1) is 5.69 Å². The molecule has 0 spiro atoms. The van der Waals surface area contributed by atoms with Crippen molar-refractivity contribution in [1.82, 2.24) is 25.6 Å². The first kappa shape index (κ1) is 39.3. The summed E-state index contributed by atoms with van der Waals surface area (Å²) < 4.78 is 18.0. The van der Waals surface area contributed by atoms with Gasteiger partial charge in [-0.1, -0.05) is 5.21 Å². The van der Waals surface area contributed by atoms with E-state index in [0.717, 1.165) is 5.69 Å². The highest BCUT2D eigenvalue weighted by Crippen LogP contribution is 2.15. The van der Waals surface area contributed by atoms with Crippen molar-refractivity contribution in [1.29, 1.82) is 0 Å². The van der Waals surface area contributed by atoms with Crippen LogP contribution in [0.4, 0.5) is 4.79 Å². The average Bonchev–Trinajstić information content (AvgIpc) is 3.30. The normalized spacial score (nSPS) is 13.4. The van der Waals surface area contributed by atoms with Crippen molar-refractivity contribution in [3.05, 3.63) is 11.9 Å². The number of unbranched alkanes of at least 4 members (excludes halogenated alkanes) is 2. The van der Waals surface area contributed by atoms with E-state index < -0.39 is 58.8 Å². The number of carbonyl (C=O) groups is 5. The number of aromatic nitrogens is 3. The molecule has 14 nitrogen and oxygen atoms in total. The van der Waals surface area contributed by atoms with Gasteiger partial charge >= 0.3 is 29.9 Å². The molecule has 3 N–H and O–H groups in total. The Morgan fingerprint density at radius 1 is 0.756 bits per heavy atom. The lowest BCUT2D eigenvalue weighted by Crippen LogP contribution is -2.53. The summed E-state index contributed by atoms with van der Waals surface area (Å²) in [5.41, 5.74) is -1.55. The Labute approximate surface area is 266 Å². The number of ether oxygens (including phenoxy) is 3. The number of urea groups is 1. The number of hydrogen-bond acceptors (Lipinski definition) is 10. The molecule has 256 valence electrons. The zero-order valence-electron chi connectivity index (χ0n) is 28.4. The first-order valence-electron chi connectivity index (χ1n) is 15.5. The second-order valence-electron chi connectivity index (χ2n) is 14.0. The van der Waals surface area contributed by atoms with Crippen molar-refractivity contribution in [3.8, 4) is 0 Å². The first-order valence-corrected chi connectivity index (χ1v) is 15.5. The average molecular weight is 640 g/mol. The van der Waals surface area contributed by atoms with Gasteiger partial charge in [-0.2, -0.15) is 0 Å². The smallest absolute Gasteiger partial charge is 0.329 e. The lowest BCUT2D eigenvalue weighted by atomic mass is 10.1. The van der Waals surface area contributed by atoms with Gasteiger partial charge in [0.25, 0.3) is 0 Å². The number of carbonyl (C=O) groups excluding carboxylic acids is 4. The fourth-order valence-corrected chi connectivity index (χ4v) is 4.02. The number of rotatable bonds is 17. The lowest BCUT2D eigenvalue weighted by Gasteiger charge is -2.27. The van der Waals surface area contributed by atoms with Gasteiger partial charge in [0.15, 0.2) is 0 Å². The molecule has 0 unspecified atom stereocenters. The monoisotopic (exact) mass is 639 g/mol. The minimum Gasteiger partial charge on any atom is -0.481 e. The molecular formula is C31H53N5O9. The zero-order valence-corrected chi connectivity index (χ0v) is 28.4. The van der Waals surface area contributed by atoms with Crippen LogP contribution in [0, 0.1) is 0 Å². The summed E-state index contributed by atoms with van der Waals surface area (Å²) in [5, 5.41) is 22.2. The van der Waals surface area contributed by atoms with E-state index in [1.165, 1.54) is 0 Å². The van der Waals surface area contributed by atoms with E-state index in [2.05, 4.69) is 20.9 Å². The minimum absolute atomic E-state index is 0.0617. The van der Waals surface area contributed by atoms with E-state index in [-0.39, 0.29) is 25.7 Å². The van der Waals surface area contributed by atoms with E-state index >= 15 is 0 Å². The molecule has 1 aromatic rings. The Balaban J connectivity index is 2.83. The summed E-state index contributed by atoms with van der Waals surface area (Å²) in [6, 6.07) is -2.95. The maximum atomic E-state index is 13.1. The Hall–Kier alpha value is -3.71. The molecule has 14 heteroatoms. The van der Waals surface area contributed by atoms with Crippen LogP contribution in [-0.4, -0.2) is 78.9 Å². The number of esters is 3. The van der Waals surface area contributed by atoms with Crippen molar-refractivity contribution >= 4 is 29.9 Å². The SMILES string of the molecule is CC(C)(C)OC(=O)CC[C@H](NC(=O)N[C@H](CCCCn1cc(CCCCC(=O)O)nn1)C(=O)OC(C)(C)C)C(=O)OC(C)(C)C. The third-order valence-corrected chi connectivity index (χ3v) is 5.84. The van der Waals surface area contributed by atoms with Crippen molar-refractivity contribution in [3.63, 3.8) is 0 Å². The summed E-state index contributed by atoms with van der Waals surface area (Å²) >= 11 is 0. The van der Waals surface area contributed by atoms with E-state index in [1.54, 1.807) is 67.0 Å². The summed E-state index contributed by atoms with van der Waals surface area (Å²) in [6.07, 6.45) is 5.05. The second-order valence-corrected chi connectivity index (χ2v) is 14.0. The highest BCUT2D eigenvalue weighted by Gasteiger charge is 2.31. The van der Waals surface area contributed by atoms with E-state index in [4.69, 9.17) is 19.3 Å². The van der Waals surface area contributed by atoms with Gasteiger partial charge < -0.3 is 30.0 Å². The number of nitrogens with zero attached hydrogens (tertiary/aromatic N) is 3. The van der Waals surface area contributed by atoms with Crippen LogP contribution >= 0.6 is 0 Å². The number of amides is 2. The van der Waals surface area contributed by atoms with Crippen LogP contribution in [0.5, 0.6) is 0 Å². The molecule has 1 aromatic heterocycles. The van der Waals surface area contributed by atoms with Crippen LogP contribution < -0.4 is 10.6 Å². The van der Waals surface area contributed by atoms with E-state index in [0.29, 0.717) is 38.6 Å². The van der Waals surface area contributed by atoms with Crippen LogP contribution in [0.1, 0.15) is 119 Å². The number of nitrogens with one attached hydrogen (secondary N) is 2. The summed E-state index contributed by atoms with van der Waals surface area (Å²) in [6.45, 7) is 16.0. The van der Waals surface area contributed by atoms with Crippen LogP contribution in [-0.2, 0) is 46.4 Å². The minimum atomic E-state index is -1.17.